The van der Waals surface area contributed by atoms with Crippen LogP contribution < -0.4 is 4.52 Å². The van der Waals surface area contributed by atoms with Crippen molar-refractivity contribution in [3.05, 3.63) is 24.3 Å². The molecule has 0 aliphatic carbocycles. The maximum Gasteiger partial charge on any atom is 0.524 e. The van der Waals surface area contributed by atoms with Crippen molar-refractivity contribution < 1.29 is 18.9 Å². The van der Waals surface area contributed by atoms with Crippen molar-refractivity contribution in [2.24, 2.45) is 0 Å². The standard InChI is InChI=1S/C6H7O4PS/c7-11(8,9)10-5-3-1-2-4-6(5)12/h1-4,12H,(H2,7,8,9). The molecule has 0 bridgehead atoms. The first-order chi connectivity index (χ1) is 5.49. The highest BCUT2D eigenvalue weighted by molar-refractivity contribution is 7.80. The maximum atomic E-state index is 10.4. The van der Waals surface area contributed by atoms with Gasteiger partial charge in [0.1, 0.15) is 5.75 Å². The maximum absolute atomic E-state index is 10.4. The lowest BCUT2D eigenvalue weighted by atomic mass is 10.3. The Morgan fingerprint density at radius 3 is 2.42 bits per heavy atom. The van der Waals surface area contributed by atoms with Gasteiger partial charge in [-0.05, 0) is 12.1 Å². The highest BCUT2D eigenvalue weighted by Crippen LogP contribution is 2.39. The molecular formula is C6H7O4PS. The second-order valence-corrected chi connectivity index (χ2v) is 3.70. The number of para-hydroxylation sites is 1. The number of rotatable bonds is 2. The van der Waals surface area contributed by atoms with Crippen LogP contribution >= 0.6 is 20.5 Å². The van der Waals surface area contributed by atoms with E-state index in [0.29, 0.717) is 4.90 Å². The predicted octanol–water partition coefficient (Wildman–Crippen LogP) is 1.45. The number of phosphoric acid groups is 1. The van der Waals surface area contributed by atoms with Crippen LogP contribution in [-0.2, 0) is 4.57 Å². The van der Waals surface area contributed by atoms with Crippen molar-refractivity contribution in [3.8, 4) is 5.75 Å². The largest absolute Gasteiger partial charge is 0.524 e. The molecule has 0 aliphatic rings. The third-order valence-electron chi connectivity index (χ3n) is 1.08. The molecule has 66 valence electrons. The summed E-state index contributed by atoms with van der Waals surface area (Å²) in [6, 6.07) is 6.30. The molecule has 0 spiro atoms. The summed E-state index contributed by atoms with van der Waals surface area (Å²) < 4.78 is 14.7. The van der Waals surface area contributed by atoms with Gasteiger partial charge < -0.3 is 4.52 Å². The van der Waals surface area contributed by atoms with Crippen molar-refractivity contribution in [1.29, 1.82) is 0 Å². The van der Waals surface area contributed by atoms with Crippen LogP contribution in [0.2, 0.25) is 0 Å². The Morgan fingerprint density at radius 1 is 1.33 bits per heavy atom. The summed E-state index contributed by atoms with van der Waals surface area (Å²) >= 11 is 3.94. The van der Waals surface area contributed by atoms with Gasteiger partial charge in [-0.3, -0.25) is 9.79 Å². The molecule has 4 nitrogen and oxygen atoms in total. The van der Waals surface area contributed by atoms with E-state index in [1.165, 1.54) is 6.07 Å². The van der Waals surface area contributed by atoms with Gasteiger partial charge in [0.2, 0.25) is 0 Å². The Kier molecular flexibility index (Phi) is 2.80. The minimum absolute atomic E-state index is 0.0779. The monoisotopic (exact) mass is 206 g/mol. The van der Waals surface area contributed by atoms with E-state index < -0.39 is 7.82 Å². The van der Waals surface area contributed by atoms with Crippen molar-refractivity contribution >= 4 is 20.5 Å². The first kappa shape index (κ1) is 9.61. The van der Waals surface area contributed by atoms with E-state index in [9.17, 15) is 4.57 Å². The molecule has 0 aromatic heterocycles. The van der Waals surface area contributed by atoms with Gasteiger partial charge in [-0.25, -0.2) is 4.57 Å². The fraction of sp³-hybridized carbons (Fsp3) is 0. The molecule has 6 heteroatoms. The second-order valence-electron chi connectivity index (χ2n) is 2.05. The smallest absolute Gasteiger partial charge is 0.403 e. The minimum Gasteiger partial charge on any atom is -0.403 e. The van der Waals surface area contributed by atoms with Gasteiger partial charge in [0.15, 0.2) is 0 Å². The Bertz CT molecular complexity index is 321. The molecule has 0 heterocycles. The number of phosphoric ester groups is 1. The number of thiol groups is 1. The first-order valence-corrected chi connectivity index (χ1v) is 5.00. The Labute approximate surface area is 74.8 Å². The lowest BCUT2D eigenvalue weighted by Crippen LogP contribution is -1.90. The summed E-state index contributed by atoms with van der Waals surface area (Å²) in [6.07, 6.45) is 0. The minimum atomic E-state index is -4.46. The third-order valence-corrected chi connectivity index (χ3v) is 1.89. The molecule has 0 aliphatic heterocycles. The van der Waals surface area contributed by atoms with Gasteiger partial charge in [-0.2, -0.15) is 0 Å². The molecule has 0 radical (unpaired) electrons. The van der Waals surface area contributed by atoms with E-state index in [1.807, 2.05) is 0 Å². The van der Waals surface area contributed by atoms with Crippen molar-refractivity contribution in [2.75, 3.05) is 0 Å². The summed E-state index contributed by atoms with van der Waals surface area (Å²) in [6.45, 7) is 0. The molecule has 0 saturated carbocycles. The lowest BCUT2D eigenvalue weighted by Gasteiger charge is -2.07. The zero-order chi connectivity index (χ0) is 9.19. The fourth-order valence-electron chi connectivity index (χ4n) is 0.662. The van der Waals surface area contributed by atoms with E-state index in [1.54, 1.807) is 18.2 Å². The van der Waals surface area contributed by atoms with E-state index in [0.717, 1.165) is 0 Å². The Hall–Kier alpha value is -0.480. The molecule has 1 rings (SSSR count). The predicted molar refractivity (Wildman–Crippen MR) is 46.4 cm³/mol. The fourth-order valence-corrected chi connectivity index (χ4v) is 1.36. The summed E-state index contributed by atoms with van der Waals surface area (Å²) in [4.78, 5) is 17.3. The molecule has 1 aromatic rings. The van der Waals surface area contributed by atoms with Crippen LogP contribution in [0, 0.1) is 0 Å². The van der Waals surface area contributed by atoms with E-state index >= 15 is 0 Å². The van der Waals surface area contributed by atoms with Gasteiger partial charge >= 0.3 is 7.82 Å². The highest BCUT2D eigenvalue weighted by atomic mass is 32.1. The molecule has 0 saturated heterocycles. The number of hydrogen-bond acceptors (Lipinski definition) is 3. The van der Waals surface area contributed by atoms with Crippen LogP contribution in [0.25, 0.3) is 0 Å². The first-order valence-electron chi connectivity index (χ1n) is 3.02. The van der Waals surface area contributed by atoms with E-state index in [2.05, 4.69) is 17.2 Å². The van der Waals surface area contributed by atoms with Gasteiger partial charge in [-0.15, -0.1) is 12.6 Å². The van der Waals surface area contributed by atoms with Crippen LogP contribution in [0.5, 0.6) is 5.75 Å². The molecule has 0 unspecified atom stereocenters. The topological polar surface area (TPSA) is 66.8 Å². The molecule has 0 amide bonds. The number of benzene rings is 1. The quantitative estimate of drug-likeness (QED) is 0.506. The van der Waals surface area contributed by atoms with Crippen LogP contribution in [0.15, 0.2) is 29.2 Å². The average Bonchev–Trinajstić information content (AvgIpc) is 1.91. The lowest BCUT2D eigenvalue weighted by molar-refractivity contribution is 0.281. The average molecular weight is 206 g/mol. The van der Waals surface area contributed by atoms with Crippen molar-refractivity contribution in [2.45, 2.75) is 4.90 Å². The van der Waals surface area contributed by atoms with Crippen LogP contribution in [0.1, 0.15) is 0 Å². The van der Waals surface area contributed by atoms with Gasteiger partial charge in [-0.1, -0.05) is 12.1 Å². The summed E-state index contributed by atoms with van der Waals surface area (Å²) in [5, 5.41) is 0. The SMILES string of the molecule is O=P(O)(O)Oc1ccccc1S. The molecule has 1 aromatic carbocycles. The molecule has 0 fully saturated rings. The van der Waals surface area contributed by atoms with E-state index in [4.69, 9.17) is 9.79 Å². The van der Waals surface area contributed by atoms with Gasteiger partial charge in [0.05, 0.1) is 0 Å². The number of hydrogen-bond donors (Lipinski definition) is 3. The van der Waals surface area contributed by atoms with Crippen molar-refractivity contribution in [3.63, 3.8) is 0 Å². The van der Waals surface area contributed by atoms with Gasteiger partial charge in [0, 0.05) is 4.90 Å². The zero-order valence-corrected chi connectivity index (χ0v) is 7.70. The van der Waals surface area contributed by atoms with E-state index in [-0.39, 0.29) is 5.75 Å². The molecular weight excluding hydrogens is 199 g/mol. The summed E-state index contributed by atoms with van der Waals surface area (Å²) in [7, 11) is -4.46. The van der Waals surface area contributed by atoms with Crippen LogP contribution in [0.3, 0.4) is 0 Å². The summed E-state index contributed by atoms with van der Waals surface area (Å²) in [5.74, 6) is 0.0779. The zero-order valence-electron chi connectivity index (χ0n) is 5.91. The normalized spacial score (nSPS) is 11.2. The van der Waals surface area contributed by atoms with Gasteiger partial charge in [0.25, 0.3) is 0 Å². The van der Waals surface area contributed by atoms with Crippen molar-refractivity contribution in [1.82, 2.24) is 0 Å². The Morgan fingerprint density at radius 2 is 1.92 bits per heavy atom. The molecule has 0 atom stereocenters. The van der Waals surface area contributed by atoms with Crippen LogP contribution in [-0.4, -0.2) is 9.79 Å². The Balaban J connectivity index is 2.90. The molecule has 12 heavy (non-hydrogen) atoms. The highest BCUT2D eigenvalue weighted by Gasteiger charge is 2.16. The summed E-state index contributed by atoms with van der Waals surface area (Å²) in [5.41, 5.74) is 0. The molecule has 2 N–H and O–H groups in total. The second kappa shape index (κ2) is 3.49. The van der Waals surface area contributed by atoms with Crippen LogP contribution in [0.4, 0.5) is 0 Å². The third kappa shape index (κ3) is 2.87.